The van der Waals surface area contributed by atoms with Gasteiger partial charge in [0, 0.05) is 0 Å². The third-order valence-corrected chi connectivity index (χ3v) is 4.47. The van der Waals surface area contributed by atoms with Crippen LogP contribution in [0.15, 0.2) is 72.8 Å². The quantitative estimate of drug-likeness (QED) is 0.788. The normalized spacial score (nSPS) is 16.3. The molecule has 5 heteroatoms. The molecule has 0 aliphatic carbocycles. The van der Waals surface area contributed by atoms with Crippen molar-refractivity contribution in [3.8, 4) is 5.75 Å². The summed E-state index contributed by atoms with van der Waals surface area (Å²) in [5, 5.41) is 0. The average molecular weight is 345 g/mol. The molecular formula is C21H19N3O2. The summed E-state index contributed by atoms with van der Waals surface area (Å²) in [4.78, 5) is 19.2. The van der Waals surface area contributed by atoms with E-state index in [0.717, 1.165) is 11.1 Å². The van der Waals surface area contributed by atoms with Crippen LogP contribution in [0.2, 0.25) is 0 Å². The van der Waals surface area contributed by atoms with Crippen molar-refractivity contribution in [3.05, 3.63) is 83.9 Å². The molecule has 1 aliphatic rings. The van der Waals surface area contributed by atoms with E-state index < -0.39 is 6.10 Å². The van der Waals surface area contributed by atoms with Crippen molar-refractivity contribution < 1.29 is 9.53 Å². The summed E-state index contributed by atoms with van der Waals surface area (Å²) >= 11 is 0. The number of ether oxygens (including phenoxy) is 1. The zero-order valence-corrected chi connectivity index (χ0v) is 14.4. The molecule has 5 nitrogen and oxygen atoms in total. The van der Waals surface area contributed by atoms with Crippen LogP contribution in [0, 0.1) is 0 Å². The van der Waals surface area contributed by atoms with E-state index in [9.17, 15) is 4.79 Å². The minimum atomic E-state index is -0.595. The van der Waals surface area contributed by atoms with Gasteiger partial charge in [0.15, 0.2) is 17.7 Å². The molecule has 0 saturated carbocycles. The maximum Gasteiger partial charge on any atom is 0.269 e. The van der Waals surface area contributed by atoms with E-state index >= 15 is 0 Å². The fourth-order valence-corrected chi connectivity index (χ4v) is 3.27. The molecule has 1 unspecified atom stereocenters. The number of hydrogen-bond acceptors (Lipinski definition) is 4. The summed E-state index contributed by atoms with van der Waals surface area (Å²) in [5.74, 6) is 1.21. The average Bonchev–Trinajstić information content (AvgIpc) is 2.67. The van der Waals surface area contributed by atoms with Gasteiger partial charge in [0.1, 0.15) is 5.82 Å². The number of nitrogens with two attached hydrogens (primary N) is 1. The van der Waals surface area contributed by atoms with Gasteiger partial charge >= 0.3 is 0 Å². The monoisotopic (exact) mass is 345 g/mol. The number of hydrogen-bond donors (Lipinski definition) is 1. The van der Waals surface area contributed by atoms with E-state index in [4.69, 9.17) is 10.5 Å². The smallest absolute Gasteiger partial charge is 0.269 e. The first-order valence-corrected chi connectivity index (χ1v) is 8.51. The van der Waals surface area contributed by atoms with Crippen LogP contribution in [0.1, 0.15) is 24.1 Å². The molecule has 2 aromatic carbocycles. The molecule has 0 bridgehead atoms. The zero-order chi connectivity index (χ0) is 18.1. The molecule has 1 amide bonds. The van der Waals surface area contributed by atoms with Crippen LogP contribution in [0.5, 0.6) is 5.75 Å². The van der Waals surface area contributed by atoms with E-state index in [0.29, 0.717) is 17.4 Å². The fourth-order valence-electron chi connectivity index (χ4n) is 3.27. The van der Waals surface area contributed by atoms with E-state index in [1.165, 1.54) is 0 Å². The van der Waals surface area contributed by atoms with Crippen LogP contribution in [0.3, 0.4) is 0 Å². The largest absolute Gasteiger partial charge is 0.477 e. The topological polar surface area (TPSA) is 68.5 Å². The first kappa shape index (κ1) is 16.1. The van der Waals surface area contributed by atoms with Crippen LogP contribution in [-0.2, 0) is 4.79 Å². The number of rotatable bonds is 3. The lowest BCUT2D eigenvalue weighted by Crippen LogP contribution is -2.47. The summed E-state index contributed by atoms with van der Waals surface area (Å²) in [6.07, 6.45) is -0.595. The molecule has 0 radical (unpaired) electrons. The molecule has 1 aromatic heterocycles. The number of pyridine rings is 1. The zero-order valence-electron chi connectivity index (χ0n) is 14.4. The highest BCUT2D eigenvalue weighted by atomic mass is 16.5. The van der Waals surface area contributed by atoms with Crippen LogP contribution < -0.4 is 15.4 Å². The van der Waals surface area contributed by atoms with Gasteiger partial charge in [0.2, 0.25) is 0 Å². The second-order valence-electron chi connectivity index (χ2n) is 6.25. The third-order valence-electron chi connectivity index (χ3n) is 4.47. The maximum absolute atomic E-state index is 13.1. The van der Waals surface area contributed by atoms with Gasteiger partial charge in [-0.15, -0.1) is 0 Å². The van der Waals surface area contributed by atoms with Crippen molar-refractivity contribution in [1.29, 1.82) is 0 Å². The number of benzene rings is 2. The van der Waals surface area contributed by atoms with Crippen molar-refractivity contribution in [2.45, 2.75) is 19.1 Å². The van der Waals surface area contributed by atoms with Crippen molar-refractivity contribution >= 4 is 17.5 Å². The van der Waals surface area contributed by atoms with E-state index in [2.05, 4.69) is 4.98 Å². The van der Waals surface area contributed by atoms with E-state index in [1.807, 2.05) is 60.7 Å². The number of nitrogens with zero attached hydrogens (tertiary/aromatic N) is 2. The Morgan fingerprint density at radius 3 is 2.12 bits per heavy atom. The Morgan fingerprint density at radius 1 is 0.962 bits per heavy atom. The second-order valence-corrected chi connectivity index (χ2v) is 6.25. The SMILES string of the molecule is CC1Oc2ccc(N)nc2N(C(c2ccccc2)c2ccccc2)C1=O. The highest BCUT2D eigenvalue weighted by Crippen LogP contribution is 2.40. The summed E-state index contributed by atoms with van der Waals surface area (Å²) in [7, 11) is 0. The Morgan fingerprint density at radius 2 is 1.54 bits per heavy atom. The van der Waals surface area contributed by atoms with Gasteiger partial charge in [-0.1, -0.05) is 60.7 Å². The first-order chi connectivity index (χ1) is 12.6. The number of aromatic nitrogens is 1. The summed E-state index contributed by atoms with van der Waals surface area (Å²) in [6.45, 7) is 1.75. The Labute approximate surface area is 152 Å². The maximum atomic E-state index is 13.1. The van der Waals surface area contributed by atoms with Gasteiger partial charge in [-0.3, -0.25) is 9.69 Å². The molecule has 130 valence electrons. The van der Waals surface area contributed by atoms with Gasteiger partial charge in [-0.2, -0.15) is 0 Å². The van der Waals surface area contributed by atoms with E-state index in [-0.39, 0.29) is 11.9 Å². The van der Waals surface area contributed by atoms with Crippen LogP contribution in [0.4, 0.5) is 11.6 Å². The second kappa shape index (κ2) is 6.52. The van der Waals surface area contributed by atoms with Crippen molar-refractivity contribution in [3.63, 3.8) is 0 Å². The van der Waals surface area contributed by atoms with Gasteiger partial charge in [0.05, 0.1) is 6.04 Å². The van der Waals surface area contributed by atoms with Gasteiger partial charge in [-0.05, 0) is 30.2 Å². The van der Waals surface area contributed by atoms with Gasteiger partial charge in [-0.25, -0.2) is 4.98 Å². The molecule has 26 heavy (non-hydrogen) atoms. The molecular weight excluding hydrogens is 326 g/mol. The first-order valence-electron chi connectivity index (χ1n) is 8.51. The van der Waals surface area contributed by atoms with Crippen LogP contribution in [-0.4, -0.2) is 17.0 Å². The van der Waals surface area contributed by atoms with Crippen LogP contribution >= 0.6 is 0 Å². The van der Waals surface area contributed by atoms with Gasteiger partial charge in [0.25, 0.3) is 5.91 Å². The van der Waals surface area contributed by atoms with Crippen molar-refractivity contribution in [2.24, 2.45) is 0 Å². The number of anilines is 2. The molecule has 0 fully saturated rings. The number of amides is 1. The molecule has 2 heterocycles. The molecule has 0 saturated heterocycles. The lowest BCUT2D eigenvalue weighted by molar-refractivity contribution is -0.126. The predicted molar refractivity (Wildman–Crippen MR) is 101 cm³/mol. The Kier molecular flexibility index (Phi) is 4.05. The lowest BCUT2D eigenvalue weighted by Gasteiger charge is -2.38. The number of nitrogen functional groups attached to an aromatic ring is 1. The molecule has 2 N–H and O–H groups in total. The molecule has 3 aromatic rings. The minimum Gasteiger partial charge on any atom is -0.477 e. The summed E-state index contributed by atoms with van der Waals surface area (Å²) in [5.41, 5.74) is 7.89. The highest BCUT2D eigenvalue weighted by Gasteiger charge is 2.38. The summed E-state index contributed by atoms with van der Waals surface area (Å²) < 4.78 is 5.74. The van der Waals surface area contributed by atoms with Crippen LogP contribution in [0.25, 0.3) is 0 Å². The summed E-state index contributed by atoms with van der Waals surface area (Å²) in [6, 6.07) is 23.0. The molecule has 1 aliphatic heterocycles. The van der Waals surface area contributed by atoms with Crippen molar-refractivity contribution in [1.82, 2.24) is 4.98 Å². The lowest BCUT2D eigenvalue weighted by atomic mass is 9.96. The number of carbonyl (C=O) groups is 1. The van der Waals surface area contributed by atoms with Gasteiger partial charge < -0.3 is 10.5 Å². The molecule has 0 spiro atoms. The fraction of sp³-hybridized carbons (Fsp3) is 0.143. The third kappa shape index (κ3) is 2.77. The number of fused-ring (bicyclic) bond motifs is 1. The van der Waals surface area contributed by atoms with E-state index in [1.54, 1.807) is 24.0 Å². The Balaban J connectivity index is 1.93. The standard InChI is InChI=1S/C21H19N3O2/c1-14-21(25)24(20-17(26-14)12-13-18(22)23-20)19(15-8-4-2-5-9-15)16-10-6-3-7-11-16/h2-14,19H,1H3,(H2,22,23). The molecule has 1 atom stereocenters. The number of carbonyl (C=O) groups excluding carboxylic acids is 1. The highest BCUT2D eigenvalue weighted by molar-refractivity contribution is 6.00. The minimum absolute atomic E-state index is 0.145. The predicted octanol–water partition coefficient (Wildman–Crippen LogP) is 3.57. The van der Waals surface area contributed by atoms with Crippen molar-refractivity contribution in [2.75, 3.05) is 10.6 Å². The molecule has 4 rings (SSSR count). The Hall–Kier alpha value is -3.34. The Bertz CT molecular complexity index is 889.